The van der Waals surface area contributed by atoms with Gasteiger partial charge < -0.3 is 11.1 Å². The molecule has 0 radical (unpaired) electrons. The van der Waals surface area contributed by atoms with E-state index in [0.717, 1.165) is 0 Å². The lowest BCUT2D eigenvalue weighted by atomic mass is 10.2. The molecule has 0 bridgehead atoms. The van der Waals surface area contributed by atoms with Gasteiger partial charge in [-0.3, -0.25) is 5.10 Å². The van der Waals surface area contributed by atoms with Crippen molar-refractivity contribution in [2.24, 2.45) is 0 Å². The van der Waals surface area contributed by atoms with Gasteiger partial charge in [-0.25, -0.2) is 13.8 Å². The van der Waals surface area contributed by atoms with Gasteiger partial charge in [-0.05, 0) is 24.6 Å². The highest BCUT2D eigenvalue weighted by molar-refractivity contribution is 6.33. The highest BCUT2D eigenvalue weighted by atomic mass is 35.5. The molecule has 0 atom stereocenters. The molecule has 0 saturated carbocycles. The van der Waals surface area contributed by atoms with E-state index in [9.17, 15) is 8.78 Å². The lowest BCUT2D eigenvalue weighted by Crippen LogP contribution is -2.01. The van der Waals surface area contributed by atoms with Crippen LogP contribution in [0.1, 0.15) is 5.56 Å². The largest absolute Gasteiger partial charge is 0.382 e. The molecule has 1 aromatic carbocycles. The molecule has 3 rings (SSSR count). The van der Waals surface area contributed by atoms with Crippen molar-refractivity contribution in [3.8, 4) is 0 Å². The van der Waals surface area contributed by atoms with Gasteiger partial charge >= 0.3 is 0 Å². The minimum Gasteiger partial charge on any atom is -0.382 e. The van der Waals surface area contributed by atoms with Crippen molar-refractivity contribution < 1.29 is 8.78 Å². The summed E-state index contributed by atoms with van der Waals surface area (Å²) < 4.78 is 28.1. The standard InChI is InChI=1S/C13H10ClF2N5/c1-5-2-3-7(14)10(9(5)16)18-13-8(15)4-6-11(17)20-21-12(6)19-13/h2-4H,1H3,(H4,17,18,19,20,21). The zero-order valence-corrected chi connectivity index (χ0v) is 11.6. The van der Waals surface area contributed by atoms with Crippen LogP contribution in [-0.4, -0.2) is 15.2 Å². The third-order valence-electron chi connectivity index (χ3n) is 3.06. The molecule has 108 valence electrons. The molecule has 3 aromatic rings. The van der Waals surface area contributed by atoms with E-state index in [0.29, 0.717) is 16.6 Å². The molecule has 0 amide bonds. The Labute approximate surface area is 123 Å². The number of hydrogen-bond acceptors (Lipinski definition) is 4. The Morgan fingerprint density at radius 3 is 2.86 bits per heavy atom. The smallest absolute Gasteiger partial charge is 0.169 e. The number of fused-ring (bicyclic) bond motifs is 1. The number of hydrogen-bond donors (Lipinski definition) is 3. The third-order valence-corrected chi connectivity index (χ3v) is 3.38. The highest BCUT2D eigenvalue weighted by Crippen LogP contribution is 2.31. The van der Waals surface area contributed by atoms with Gasteiger partial charge in [0.15, 0.2) is 28.9 Å². The molecule has 0 aliphatic carbocycles. The van der Waals surface area contributed by atoms with Crippen LogP contribution in [0, 0.1) is 18.6 Å². The Morgan fingerprint density at radius 1 is 1.33 bits per heavy atom. The number of aryl methyl sites for hydroxylation is 1. The fourth-order valence-electron chi connectivity index (χ4n) is 1.92. The molecule has 2 heterocycles. The summed E-state index contributed by atoms with van der Waals surface area (Å²) in [5.41, 5.74) is 6.21. The predicted octanol–water partition coefficient (Wildman–Crippen LogP) is 3.52. The molecular weight excluding hydrogens is 300 g/mol. The molecule has 0 spiro atoms. The van der Waals surface area contributed by atoms with Gasteiger partial charge in [-0.1, -0.05) is 17.7 Å². The van der Waals surface area contributed by atoms with Crippen molar-refractivity contribution in [1.29, 1.82) is 0 Å². The van der Waals surface area contributed by atoms with E-state index in [1.165, 1.54) is 18.2 Å². The van der Waals surface area contributed by atoms with Crippen molar-refractivity contribution in [3.05, 3.63) is 40.4 Å². The molecule has 21 heavy (non-hydrogen) atoms. The molecule has 0 aliphatic rings. The summed E-state index contributed by atoms with van der Waals surface area (Å²) >= 11 is 5.93. The van der Waals surface area contributed by atoms with Gasteiger partial charge in [-0.15, -0.1) is 0 Å². The Balaban J connectivity index is 2.10. The number of nitrogen functional groups attached to an aromatic ring is 1. The van der Waals surface area contributed by atoms with Gasteiger partial charge in [0.25, 0.3) is 0 Å². The number of nitrogens with zero attached hydrogens (tertiary/aromatic N) is 2. The molecule has 0 unspecified atom stereocenters. The summed E-state index contributed by atoms with van der Waals surface area (Å²) in [6.45, 7) is 1.58. The Bertz CT molecular complexity index is 846. The lowest BCUT2D eigenvalue weighted by molar-refractivity contribution is 0.618. The summed E-state index contributed by atoms with van der Waals surface area (Å²) in [6, 6.07) is 4.23. The van der Waals surface area contributed by atoms with Gasteiger partial charge in [-0.2, -0.15) is 5.10 Å². The quantitative estimate of drug-likeness (QED) is 0.676. The topological polar surface area (TPSA) is 79.6 Å². The minimum atomic E-state index is -0.687. The number of aromatic amines is 1. The van der Waals surface area contributed by atoms with E-state index in [2.05, 4.69) is 20.5 Å². The average Bonchev–Trinajstić information content (AvgIpc) is 2.80. The highest BCUT2D eigenvalue weighted by Gasteiger charge is 2.15. The number of pyridine rings is 1. The fraction of sp³-hybridized carbons (Fsp3) is 0.0769. The maximum atomic E-state index is 14.1. The first-order chi connectivity index (χ1) is 9.97. The SMILES string of the molecule is Cc1ccc(Cl)c(Nc2nc3[nH]nc(N)c3cc2F)c1F. The van der Waals surface area contributed by atoms with Crippen LogP contribution in [0.25, 0.3) is 11.0 Å². The van der Waals surface area contributed by atoms with Crippen molar-refractivity contribution >= 4 is 40.0 Å². The van der Waals surface area contributed by atoms with Crippen molar-refractivity contribution in [2.75, 3.05) is 11.1 Å². The van der Waals surface area contributed by atoms with Crippen LogP contribution in [0.4, 0.5) is 26.1 Å². The van der Waals surface area contributed by atoms with Crippen LogP contribution in [0.2, 0.25) is 5.02 Å². The summed E-state index contributed by atoms with van der Waals surface area (Å²) in [5.74, 6) is -1.28. The van der Waals surface area contributed by atoms with Gasteiger partial charge in [0.1, 0.15) is 0 Å². The number of nitrogens with two attached hydrogens (primary N) is 1. The third kappa shape index (κ3) is 2.25. The van der Waals surface area contributed by atoms with E-state index < -0.39 is 11.6 Å². The van der Waals surface area contributed by atoms with Crippen LogP contribution in [0.15, 0.2) is 18.2 Å². The zero-order chi connectivity index (χ0) is 15.1. The molecule has 0 fully saturated rings. The second-order valence-corrected chi connectivity index (χ2v) is 4.91. The summed E-state index contributed by atoms with van der Waals surface area (Å²) in [6.07, 6.45) is 0. The fourth-order valence-corrected chi connectivity index (χ4v) is 2.11. The monoisotopic (exact) mass is 309 g/mol. The predicted molar refractivity (Wildman–Crippen MR) is 77.7 cm³/mol. The molecule has 4 N–H and O–H groups in total. The maximum absolute atomic E-state index is 14.1. The summed E-state index contributed by atoms with van der Waals surface area (Å²) in [5, 5.41) is 9.35. The second-order valence-electron chi connectivity index (χ2n) is 4.50. The van der Waals surface area contributed by atoms with Crippen molar-refractivity contribution in [1.82, 2.24) is 15.2 Å². The van der Waals surface area contributed by atoms with Crippen LogP contribution < -0.4 is 11.1 Å². The molecule has 5 nitrogen and oxygen atoms in total. The second kappa shape index (κ2) is 4.85. The van der Waals surface area contributed by atoms with Crippen LogP contribution in [-0.2, 0) is 0 Å². The number of aromatic nitrogens is 3. The molecule has 2 aromatic heterocycles. The molecule has 0 aliphatic heterocycles. The zero-order valence-electron chi connectivity index (χ0n) is 10.8. The Morgan fingerprint density at radius 2 is 2.10 bits per heavy atom. The number of nitrogens with one attached hydrogen (secondary N) is 2. The van der Waals surface area contributed by atoms with Crippen molar-refractivity contribution in [3.63, 3.8) is 0 Å². The average molecular weight is 310 g/mol. The van der Waals surface area contributed by atoms with Gasteiger partial charge in [0.2, 0.25) is 0 Å². The number of halogens is 3. The normalized spacial score (nSPS) is 11.0. The Kier molecular flexibility index (Phi) is 3.13. The first-order valence-corrected chi connectivity index (χ1v) is 6.37. The number of anilines is 3. The number of rotatable bonds is 2. The maximum Gasteiger partial charge on any atom is 0.169 e. The Hall–Kier alpha value is -2.41. The number of H-pyrrole nitrogens is 1. The van der Waals surface area contributed by atoms with E-state index in [1.54, 1.807) is 6.92 Å². The van der Waals surface area contributed by atoms with E-state index in [4.69, 9.17) is 17.3 Å². The minimum absolute atomic E-state index is 0.0325. The summed E-state index contributed by atoms with van der Waals surface area (Å²) in [7, 11) is 0. The van der Waals surface area contributed by atoms with Crippen LogP contribution >= 0.6 is 11.6 Å². The summed E-state index contributed by atoms with van der Waals surface area (Å²) in [4.78, 5) is 3.99. The van der Waals surface area contributed by atoms with E-state index in [1.807, 2.05) is 0 Å². The molecule has 8 heteroatoms. The van der Waals surface area contributed by atoms with Crippen LogP contribution in [0.3, 0.4) is 0 Å². The first kappa shape index (κ1) is 13.6. The van der Waals surface area contributed by atoms with Crippen LogP contribution in [0.5, 0.6) is 0 Å². The van der Waals surface area contributed by atoms with E-state index >= 15 is 0 Å². The molecular formula is C13H10ClF2N5. The van der Waals surface area contributed by atoms with E-state index in [-0.39, 0.29) is 22.3 Å². The lowest BCUT2D eigenvalue weighted by Gasteiger charge is -2.11. The molecule has 0 saturated heterocycles. The first-order valence-electron chi connectivity index (χ1n) is 5.99. The number of benzene rings is 1. The van der Waals surface area contributed by atoms with Crippen molar-refractivity contribution in [2.45, 2.75) is 6.92 Å². The van der Waals surface area contributed by atoms with Gasteiger partial charge in [0.05, 0.1) is 16.1 Å². The van der Waals surface area contributed by atoms with Gasteiger partial charge in [0, 0.05) is 0 Å².